The molecule has 1 rings (SSSR count). The van der Waals surface area contributed by atoms with Gasteiger partial charge < -0.3 is 14.7 Å². The van der Waals surface area contributed by atoms with Crippen LogP contribution in [0.5, 0.6) is 0 Å². The molecule has 1 saturated heterocycles. The Morgan fingerprint density at radius 2 is 1.75 bits per heavy atom. The first kappa shape index (κ1) is 16.7. The number of nitrogens with zero attached hydrogens (tertiary/aromatic N) is 1. The van der Waals surface area contributed by atoms with Crippen molar-refractivity contribution < 1.29 is 23.8 Å². The van der Waals surface area contributed by atoms with Crippen LogP contribution in [-0.4, -0.2) is 46.4 Å². The van der Waals surface area contributed by atoms with Gasteiger partial charge in [-0.2, -0.15) is 0 Å². The normalized spacial score (nSPS) is 20.4. The van der Waals surface area contributed by atoms with Gasteiger partial charge in [-0.05, 0) is 52.9 Å². The molecule has 1 amide bonds. The van der Waals surface area contributed by atoms with Gasteiger partial charge in [0.1, 0.15) is 5.60 Å². The van der Waals surface area contributed by atoms with Crippen molar-refractivity contribution in [2.45, 2.75) is 58.2 Å². The molecule has 1 aliphatic rings. The summed E-state index contributed by atoms with van der Waals surface area (Å²) < 4.78 is 19.0. The Morgan fingerprint density at radius 1 is 1.25 bits per heavy atom. The standard InChI is InChI=1S/C14H24FNO4/c1-13(2,3)20-12(19)16-7-5-10(6-8-16)9-14(4,15)11(17)18/h10H,5-9H2,1-4H3,(H,17,18). The molecule has 5 nitrogen and oxygen atoms in total. The van der Waals surface area contributed by atoms with Gasteiger partial charge in [-0.3, -0.25) is 0 Å². The number of aliphatic carboxylic acids is 1. The van der Waals surface area contributed by atoms with Gasteiger partial charge in [0.25, 0.3) is 0 Å². The number of alkyl halides is 1. The zero-order valence-electron chi connectivity index (χ0n) is 12.6. The summed E-state index contributed by atoms with van der Waals surface area (Å²) in [5.41, 5.74) is -2.73. The molecule has 6 heteroatoms. The van der Waals surface area contributed by atoms with Crippen LogP contribution in [0.3, 0.4) is 0 Å². The van der Waals surface area contributed by atoms with Gasteiger partial charge in [-0.15, -0.1) is 0 Å². The first-order chi connectivity index (χ1) is 9.01. The third-order valence-corrected chi connectivity index (χ3v) is 3.38. The molecule has 1 heterocycles. The van der Waals surface area contributed by atoms with Crippen molar-refractivity contribution in [1.82, 2.24) is 4.90 Å². The average molecular weight is 289 g/mol. The second kappa shape index (κ2) is 5.97. The minimum absolute atomic E-state index is 0.00943. The van der Waals surface area contributed by atoms with Gasteiger partial charge in [0.15, 0.2) is 0 Å². The Balaban J connectivity index is 2.44. The number of hydrogen-bond donors (Lipinski definition) is 1. The fourth-order valence-electron chi connectivity index (χ4n) is 2.28. The lowest BCUT2D eigenvalue weighted by Gasteiger charge is -2.34. The van der Waals surface area contributed by atoms with E-state index in [-0.39, 0.29) is 18.4 Å². The molecule has 116 valence electrons. The van der Waals surface area contributed by atoms with Crippen molar-refractivity contribution in [3.8, 4) is 0 Å². The molecule has 0 spiro atoms. The van der Waals surface area contributed by atoms with Crippen LogP contribution in [-0.2, 0) is 9.53 Å². The largest absolute Gasteiger partial charge is 0.479 e. The first-order valence-corrected chi connectivity index (χ1v) is 6.91. The summed E-state index contributed by atoms with van der Waals surface area (Å²) >= 11 is 0. The van der Waals surface area contributed by atoms with Crippen LogP contribution in [0.2, 0.25) is 0 Å². The lowest BCUT2D eigenvalue weighted by molar-refractivity contribution is -0.151. The van der Waals surface area contributed by atoms with Crippen LogP contribution in [0, 0.1) is 5.92 Å². The number of hydrogen-bond acceptors (Lipinski definition) is 3. The molecule has 0 saturated carbocycles. The number of carboxylic acid groups (broad SMARTS) is 1. The minimum Gasteiger partial charge on any atom is -0.479 e. The highest BCUT2D eigenvalue weighted by molar-refractivity contribution is 5.76. The predicted octanol–water partition coefficient (Wildman–Crippen LogP) is 2.84. The summed E-state index contributed by atoms with van der Waals surface area (Å²) in [4.78, 5) is 24.2. The highest BCUT2D eigenvalue weighted by Crippen LogP contribution is 2.29. The van der Waals surface area contributed by atoms with Gasteiger partial charge in [-0.1, -0.05) is 0 Å². The summed E-state index contributed by atoms with van der Waals surface area (Å²) in [6.07, 6.45) is 0.833. The predicted molar refractivity (Wildman–Crippen MR) is 72.3 cm³/mol. The topological polar surface area (TPSA) is 66.8 Å². The van der Waals surface area contributed by atoms with Crippen molar-refractivity contribution >= 4 is 12.1 Å². The van der Waals surface area contributed by atoms with E-state index in [0.717, 1.165) is 6.92 Å². The first-order valence-electron chi connectivity index (χ1n) is 6.91. The van der Waals surface area contributed by atoms with Gasteiger partial charge in [0, 0.05) is 13.1 Å². The molecular weight excluding hydrogens is 265 g/mol. The number of likely N-dealkylation sites (tertiary alicyclic amines) is 1. The fourth-order valence-corrected chi connectivity index (χ4v) is 2.28. The number of piperidine rings is 1. The number of carboxylic acids is 1. The third-order valence-electron chi connectivity index (χ3n) is 3.38. The fraction of sp³-hybridized carbons (Fsp3) is 0.857. The maximum atomic E-state index is 13.8. The molecular formula is C14H24FNO4. The molecule has 0 aliphatic carbocycles. The number of rotatable bonds is 3. The monoisotopic (exact) mass is 289 g/mol. The minimum atomic E-state index is -2.20. The van der Waals surface area contributed by atoms with Crippen LogP contribution in [0.15, 0.2) is 0 Å². The smallest absolute Gasteiger partial charge is 0.410 e. The number of halogens is 1. The van der Waals surface area contributed by atoms with Crippen LogP contribution in [0.25, 0.3) is 0 Å². The van der Waals surface area contributed by atoms with E-state index in [2.05, 4.69) is 0 Å². The lowest BCUT2D eigenvalue weighted by Crippen LogP contribution is -2.43. The molecule has 1 aliphatic heterocycles. The molecule has 1 N–H and O–H groups in total. The van der Waals surface area contributed by atoms with E-state index < -0.39 is 17.2 Å². The van der Waals surface area contributed by atoms with Crippen LogP contribution in [0.4, 0.5) is 9.18 Å². The van der Waals surface area contributed by atoms with Crippen molar-refractivity contribution in [1.29, 1.82) is 0 Å². The molecule has 0 bridgehead atoms. The van der Waals surface area contributed by atoms with Crippen LogP contribution >= 0.6 is 0 Å². The van der Waals surface area contributed by atoms with Crippen molar-refractivity contribution in [3.63, 3.8) is 0 Å². The zero-order chi connectivity index (χ0) is 15.6. The molecule has 20 heavy (non-hydrogen) atoms. The summed E-state index contributed by atoms with van der Waals surface area (Å²) in [5.74, 6) is -1.44. The maximum Gasteiger partial charge on any atom is 0.410 e. The number of carbonyl (C=O) groups is 2. The van der Waals surface area contributed by atoms with E-state index in [1.807, 2.05) is 0 Å². The Bertz CT molecular complexity index is 368. The molecule has 0 radical (unpaired) electrons. The van der Waals surface area contributed by atoms with E-state index in [9.17, 15) is 14.0 Å². The maximum absolute atomic E-state index is 13.8. The highest BCUT2D eigenvalue weighted by atomic mass is 19.1. The average Bonchev–Trinajstić information content (AvgIpc) is 2.26. The van der Waals surface area contributed by atoms with Crippen molar-refractivity contribution in [2.75, 3.05) is 13.1 Å². The molecule has 1 unspecified atom stereocenters. The second-order valence-corrected chi connectivity index (χ2v) is 6.62. The Morgan fingerprint density at radius 3 is 2.15 bits per heavy atom. The summed E-state index contributed by atoms with van der Waals surface area (Å²) in [6, 6.07) is 0. The lowest BCUT2D eigenvalue weighted by atomic mass is 9.86. The summed E-state index contributed by atoms with van der Waals surface area (Å²) in [7, 11) is 0. The number of amides is 1. The van der Waals surface area contributed by atoms with Gasteiger partial charge in [0.05, 0.1) is 0 Å². The van der Waals surface area contributed by atoms with Crippen LogP contribution in [0.1, 0.15) is 47.0 Å². The Labute approximate surface area is 119 Å². The Kier molecular flexibility index (Phi) is 5.00. The van der Waals surface area contributed by atoms with E-state index in [1.165, 1.54) is 0 Å². The SMILES string of the molecule is CC(C)(C)OC(=O)N1CCC(CC(C)(F)C(=O)O)CC1. The van der Waals surface area contributed by atoms with Gasteiger partial charge >= 0.3 is 12.1 Å². The van der Waals surface area contributed by atoms with Crippen molar-refractivity contribution in [2.24, 2.45) is 5.92 Å². The highest BCUT2D eigenvalue weighted by Gasteiger charge is 2.37. The zero-order valence-corrected chi connectivity index (χ0v) is 12.6. The quantitative estimate of drug-likeness (QED) is 0.867. The van der Waals surface area contributed by atoms with Gasteiger partial charge in [0.2, 0.25) is 5.67 Å². The Hall–Kier alpha value is -1.33. The number of ether oxygens (including phenoxy) is 1. The van der Waals surface area contributed by atoms with Crippen molar-refractivity contribution in [3.05, 3.63) is 0 Å². The molecule has 0 aromatic heterocycles. The third kappa shape index (κ3) is 4.98. The van der Waals surface area contributed by atoms with Crippen LogP contribution < -0.4 is 0 Å². The van der Waals surface area contributed by atoms with Gasteiger partial charge in [-0.25, -0.2) is 14.0 Å². The molecule has 0 aromatic carbocycles. The molecule has 1 atom stereocenters. The summed E-state index contributed by atoms with van der Waals surface area (Å²) in [6.45, 7) is 7.47. The second-order valence-electron chi connectivity index (χ2n) is 6.62. The molecule has 1 fully saturated rings. The summed E-state index contributed by atoms with van der Waals surface area (Å²) in [5, 5.41) is 8.78. The van der Waals surface area contributed by atoms with E-state index in [0.29, 0.717) is 25.9 Å². The van der Waals surface area contributed by atoms with E-state index in [1.54, 1.807) is 25.7 Å². The number of carbonyl (C=O) groups excluding carboxylic acids is 1. The molecule has 0 aromatic rings. The van der Waals surface area contributed by atoms with E-state index in [4.69, 9.17) is 9.84 Å². The van der Waals surface area contributed by atoms with E-state index >= 15 is 0 Å².